The first-order valence-corrected chi connectivity index (χ1v) is 16.2. The van der Waals surface area contributed by atoms with Crippen molar-refractivity contribution >= 4 is 23.2 Å². The number of carbonyl (C=O) groups excluding carboxylic acids is 2. The van der Waals surface area contributed by atoms with Crippen LogP contribution in [0.2, 0.25) is 0 Å². The van der Waals surface area contributed by atoms with Crippen LogP contribution in [-0.2, 0) is 9.59 Å². The van der Waals surface area contributed by atoms with E-state index in [9.17, 15) is 9.59 Å². The van der Waals surface area contributed by atoms with E-state index in [1.54, 1.807) is 0 Å². The minimum Gasteiger partial charge on any atom is -0.325 e. The van der Waals surface area contributed by atoms with Gasteiger partial charge in [-0.2, -0.15) is 0 Å². The number of nitrogens with one attached hydrogen (secondary N) is 5. The largest absolute Gasteiger partial charge is 0.325 e. The van der Waals surface area contributed by atoms with E-state index in [1.165, 1.54) is 33.4 Å². The smallest absolute Gasteiger partial charge is 0.241 e. The number of carbonyl (C=O) groups is 2. The van der Waals surface area contributed by atoms with Crippen molar-refractivity contribution in [1.82, 2.24) is 16.0 Å². The molecule has 4 aliphatic rings. The van der Waals surface area contributed by atoms with Gasteiger partial charge in [-0.15, -0.1) is 0 Å². The molecule has 7 heteroatoms. The fraction of sp³-hybridized carbons (Fsp3) is 0.444. The first-order chi connectivity index (χ1) is 20.9. The Bertz CT molecular complexity index is 1380. The Kier molecular flexibility index (Phi) is 7.80. The van der Waals surface area contributed by atoms with Gasteiger partial charge >= 0.3 is 0 Å². The summed E-state index contributed by atoms with van der Waals surface area (Å²) in [5, 5.41) is 16.7. The Labute approximate surface area is 254 Å². The van der Waals surface area contributed by atoms with E-state index in [0.29, 0.717) is 23.9 Å². The Morgan fingerprint density at radius 3 is 1.49 bits per heavy atom. The van der Waals surface area contributed by atoms with E-state index in [-0.39, 0.29) is 23.9 Å². The monoisotopic (exact) mass is 577 g/mol. The summed E-state index contributed by atoms with van der Waals surface area (Å²) < 4.78 is 0. The molecule has 0 radical (unpaired) electrons. The van der Waals surface area contributed by atoms with Gasteiger partial charge in [0.1, 0.15) is 0 Å². The van der Waals surface area contributed by atoms with Crippen LogP contribution in [0.25, 0.3) is 22.3 Å². The van der Waals surface area contributed by atoms with E-state index < -0.39 is 0 Å². The second-order valence-corrected chi connectivity index (χ2v) is 13.2. The van der Waals surface area contributed by atoms with Gasteiger partial charge in [-0.1, -0.05) is 50.2 Å². The summed E-state index contributed by atoms with van der Waals surface area (Å²) in [6.07, 6.45) is 6.16. The average molecular weight is 578 g/mol. The van der Waals surface area contributed by atoms with Crippen molar-refractivity contribution < 1.29 is 9.59 Å². The lowest BCUT2D eigenvalue weighted by Crippen LogP contribution is -2.35. The number of hydrogen-bond donors (Lipinski definition) is 5. The fourth-order valence-electron chi connectivity index (χ4n) is 7.66. The Balaban J connectivity index is 1.18. The molecule has 43 heavy (non-hydrogen) atoms. The van der Waals surface area contributed by atoms with Crippen molar-refractivity contribution in [3.63, 3.8) is 0 Å². The molecule has 7 nitrogen and oxygen atoms in total. The lowest BCUT2D eigenvalue weighted by atomic mass is 9.82. The van der Waals surface area contributed by atoms with Crippen molar-refractivity contribution in [2.75, 3.05) is 23.7 Å². The molecule has 4 aliphatic heterocycles. The second-order valence-electron chi connectivity index (χ2n) is 13.2. The molecule has 0 aliphatic carbocycles. The van der Waals surface area contributed by atoms with Crippen LogP contribution in [-0.4, -0.2) is 37.0 Å². The predicted molar refractivity (Wildman–Crippen MR) is 173 cm³/mol. The maximum absolute atomic E-state index is 12.6. The lowest BCUT2D eigenvalue weighted by molar-refractivity contribution is -0.118. The highest BCUT2D eigenvalue weighted by atomic mass is 16.2. The molecule has 0 spiro atoms. The molecule has 7 rings (SSSR count). The molecule has 3 aromatic rings. The molecule has 3 saturated heterocycles. The third-order valence-electron chi connectivity index (χ3n) is 10.1. The van der Waals surface area contributed by atoms with Crippen LogP contribution in [0.1, 0.15) is 75.6 Å². The molecule has 5 N–H and O–H groups in total. The third kappa shape index (κ3) is 5.62. The van der Waals surface area contributed by atoms with Crippen molar-refractivity contribution in [3.05, 3.63) is 71.8 Å². The Morgan fingerprint density at radius 2 is 1.12 bits per heavy atom. The maximum atomic E-state index is 12.6. The normalized spacial score (nSPS) is 26.0. The summed E-state index contributed by atoms with van der Waals surface area (Å²) >= 11 is 0. The van der Waals surface area contributed by atoms with Gasteiger partial charge in [0, 0.05) is 23.5 Å². The van der Waals surface area contributed by atoms with Crippen LogP contribution in [0.4, 0.5) is 11.4 Å². The zero-order valence-corrected chi connectivity index (χ0v) is 25.2. The van der Waals surface area contributed by atoms with Gasteiger partial charge in [0.25, 0.3) is 0 Å². The van der Waals surface area contributed by atoms with Crippen molar-refractivity contribution in [2.24, 2.45) is 11.8 Å². The van der Waals surface area contributed by atoms with Crippen molar-refractivity contribution in [3.8, 4) is 22.3 Å². The first kappa shape index (κ1) is 28.3. The molecule has 2 amide bonds. The zero-order valence-electron chi connectivity index (χ0n) is 25.2. The molecule has 224 valence electrons. The highest BCUT2D eigenvalue weighted by Crippen LogP contribution is 2.53. The van der Waals surface area contributed by atoms with E-state index in [2.05, 4.69) is 76.8 Å². The summed E-state index contributed by atoms with van der Waals surface area (Å²) in [6.45, 7) is 6.52. The van der Waals surface area contributed by atoms with Gasteiger partial charge in [0.2, 0.25) is 11.8 Å². The molecule has 0 saturated carbocycles. The highest BCUT2D eigenvalue weighted by Gasteiger charge is 2.42. The van der Waals surface area contributed by atoms with Crippen LogP contribution in [0, 0.1) is 11.8 Å². The molecule has 0 aromatic heterocycles. The van der Waals surface area contributed by atoms with Gasteiger partial charge in [-0.3, -0.25) is 9.59 Å². The zero-order chi connectivity index (χ0) is 29.5. The first-order valence-electron chi connectivity index (χ1n) is 16.2. The van der Waals surface area contributed by atoms with E-state index >= 15 is 0 Å². The average Bonchev–Trinajstić information content (AvgIpc) is 3.80. The van der Waals surface area contributed by atoms with Crippen LogP contribution >= 0.6 is 0 Å². The minimum absolute atomic E-state index is 0.0500. The van der Waals surface area contributed by atoms with Gasteiger partial charge in [-0.05, 0) is 121 Å². The molecule has 4 heterocycles. The quantitative estimate of drug-likeness (QED) is 0.232. The topological polar surface area (TPSA) is 94.3 Å². The van der Waals surface area contributed by atoms with Crippen molar-refractivity contribution in [1.29, 1.82) is 0 Å². The van der Waals surface area contributed by atoms with E-state index in [4.69, 9.17) is 0 Å². The number of anilines is 2. The number of piperidine rings is 1. The summed E-state index contributed by atoms with van der Waals surface area (Å²) in [4.78, 5) is 25.3. The summed E-state index contributed by atoms with van der Waals surface area (Å²) in [6, 6.07) is 21.7. The molecule has 2 bridgehead atoms. The van der Waals surface area contributed by atoms with Gasteiger partial charge in [0.15, 0.2) is 0 Å². The van der Waals surface area contributed by atoms with Crippen LogP contribution in [0.5, 0.6) is 0 Å². The van der Waals surface area contributed by atoms with Gasteiger partial charge in [0.05, 0.1) is 12.1 Å². The molecule has 3 fully saturated rings. The number of benzene rings is 3. The van der Waals surface area contributed by atoms with Gasteiger partial charge < -0.3 is 26.6 Å². The predicted octanol–water partition coefficient (Wildman–Crippen LogP) is 6.15. The highest BCUT2D eigenvalue weighted by molar-refractivity contribution is 5.96. The number of amides is 2. The Hall–Kier alpha value is -3.52. The Morgan fingerprint density at radius 1 is 0.674 bits per heavy atom. The van der Waals surface area contributed by atoms with Gasteiger partial charge in [-0.25, -0.2) is 0 Å². The van der Waals surface area contributed by atoms with Crippen LogP contribution < -0.4 is 26.6 Å². The number of fused-ring (bicyclic) bond motifs is 5. The van der Waals surface area contributed by atoms with Crippen molar-refractivity contribution in [2.45, 2.75) is 76.5 Å². The molecule has 2 unspecified atom stereocenters. The second kappa shape index (κ2) is 11.9. The number of rotatable bonds is 7. The molecule has 3 aromatic carbocycles. The maximum Gasteiger partial charge on any atom is 0.241 e. The van der Waals surface area contributed by atoms with Crippen LogP contribution in [0.3, 0.4) is 0 Å². The minimum atomic E-state index is -0.0931. The SMILES string of the molecule is CC(C)C1CC2NC(C1)c1c(-c3ccc(NC(=O)[C@@H]4CCCN4)cc3)ccc(-c3ccc(NC(=O)[C@@H]4CCCN4)cc3)c12. The summed E-state index contributed by atoms with van der Waals surface area (Å²) in [5.41, 5.74) is 9.40. The molecular formula is C36H43N5O2. The number of hydrogen-bond acceptors (Lipinski definition) is 5. The third-order valence-corrected chi connectivity index (χ3v) is 10.1. The summed E-state index contributed by atoms with van der Waals surface area (Å²) in [7, 11) is 0. The van der Waals surface area contributed by atoms with E-state index in [1.807, 2.05) is 24.3 Å². The van der Waals surface area contributed by atoms with E-state index in [0.717, 1.165) is 63.0 Å². The van der Waals surface area contributed by atoms with Crippen LogP contribution in [0.15, 0.2) is 60.7 Å². The lowest BCUT2D eigenvalue weighted by Gasteiger charge is -2.32. The molecule has 4 atom stereocenters. The summed E-state index contributed by atoms with van der Waals surface area (Å²) in [5.74, 6) is 1.42. The molecular weight excluding hydrogens is 534 g/mol. The standard InChI is InChI=1S/C36H43N5O2/c1-21(2)24-19-31-33-27(22-7-11-25(12-8-22)39-35(42)29-5-3-17-37-29)15-16-28(34(33)32(20-24)41-31)23-9-13-26(14-10-23)40-36(43)30-6-4-18-38-30/h7-16,21,24,29-32,37-38,41H,3-6,17-20H2,1-2H3,(H,39,42)(H,40,43)/t24?,29-,30-,31?,32?/m0/s1. The fourth-order valence-corrected chi connectivity index (χ4v) is 7.66.